The number of nitrogens with two attached hydrogens (primary N) is 1. The van der Waals surface area contributed by atoms with Gasteiger partial charge in [-0.25, -0.2) is 0 Å². The molecule has 0 radical (unpaired) electrons. The SMILES string of the molecule is CC(CN)(NC(=O)C1CCSCC1)C1CC1.Cl. The molecule has 100 valence electrons. The molecule has 1 aliphatic heterocycles. The Labute approximate surface area is 114 Å². The average Bonchev–Trinajstić information content (AvgIpc) is 3.14. The summed E-state index contributed by atoms with van der Waals surface area (Å²) < 4.78 is 0. The second-order valence-electron chi connectivity index (χ2n) is 5.27. The maximum Gasteiger partial charge on any atom is 0.223 e. The lowest BCUT2D eigenvalue weighted by Crippen LogP contribution is -2.54. The zero-order valence-corrected chi connectivity index (χ0v) is 12.0. The zero-order valence-electron chi connectivity index (χ0n) is 10.4. The Morgan fingerprint density at radius 3 is 2.41 bits per heavy atom. The number of thioether (sulfide) groups is 1. The van der Waals surface area contributed by atoms with Crippen molar-refractivity contribution >= 4 is 30.1 Å². The Hall–Kier alpha value is 0.0700. The van der Waals surface area contributed by atoms with Crippen molar-refractivity contribution < 1.29 is 4.79 Å². The number of nitrogens with one attached hydrogen (secondary N) is 1. The molecule has 2 rings (SSSR count). The third kappa shape index (κ3) is 3.76. The molecule has 0 bridgehead atoms. The highest BCUT2D eigenvalue weighted by atomic mass is 35.5. The van der Waals surface area contributed by atoms with Gasteiger partial charge in [0.15, 0.2) is 0 Å². The topological polar surface area (TPSA) is 55.1 Å². The van der Waals surface area contributed by atoms with Crippen LogP contribution in [0, 0.1) is 11.8 Å². The van der Waals surface area contributed by atoms with Crippen molar-refractivity contribution in [1.29, 1.82) is 0 Å². The van der Waals surface area contributed by atoms with Crippen LogP contribution in [0.2, 0.25) is 0 Å². The monoisotopic (exact) mass is 278 g/mol. The number of halogens is 1. The van der Waals surface area contributed by atoms with Crippen LogP contribution >= 0.6 is 24.2 Å². The molecule has 1 saturated carbocycles. The predicted octanol–water partition coefficient (Wildman–Crippen LogP) is 1.79. The van der Waals surface area contributed by atoms with Crippen molar-refractivity contribution in [2.45, 2.75) is 38.1 Å². The standard InChI is InChI=1S/C12H22N2OS.ClH/c1-12(8-13,10-2-3-10)14-11(15)9-4-6-16-7-5-9;/h9-10H,2-8,13H2,1H3,(H,14,15);1H. The maximum absolute atomic E-state index is 12.1. The van der Waals surface area contributed by atoms with Gasteiger partial charge in [0.2, 0.25) is 5.91 Å². The van der Waals surface area contributed by atoms with Gasteiger partial charge in [-0.15, -0.1) is 12.4 Å². The molecule has 1 unspecified atom stereocenters. The first-order valence-electron chi connectivity index (χ1n) is 6.25. The van der Waals surface area contributed by atoms with Crippen LogP contribution in [0.3, 0.4) is 0 Å². The number of carbonyl (C=O) groups excluding carboxylic acids is 1. The first kappa shape index (κ1) is 15.1. The van der Waals surface area contributed by atoms with Gasteiger partial charge in [0, 0.05) is 12.5 Å². The fourth-order valence-corrected chi connectivity index (χ4v) is 3.49. The Morgan fingerprint density at radius 2 is 1.94 bits per heavy atom. The van der Waals surface area contributed by atoms with E-state index in [0.29, 0.717) is 12.5 Å². The highest BCUT2D eigenvalue weighted by Crippen LogP contribution is 2.39. The maximum atomic E-state index is 12.1. The van der Waals surface area contributed by atoms with Gasteiger partial charge in [-0.05, 0) is 50.0 Å². The van der Waals surface area contributed by atoms with E-state index >= 15 is 0 Å². The van der Waals surface area contributed by atoms with Crippen LogP contribution < -0.4 is 11.1 Å². The molecule has 0 aromatic carbocycles. The molecule has 1 heterocycles. The van der Waals surface area contributed by atoms with Gasteiger partial charge in [-0.1, -0.05) is 0 Å². The molecule has 1 saturated heterocycles. The number of amides is 1. The third-order valence-electron chi connectivity index (χ3n) is 3.90. The fourth-order valence-electron chi connectivity index (χ4n) is 2.38. The summed E-state index contributed by atoms with van der Waals surface area (Å²) in [5, 5.41) is 3.20. The summed E-state index contributed by atoms with van der Waals surface area (Å²) in [5.41, 5.74) is 5.66. The summed E-state index contributed by atoms with van der Waals surface area (Å²) in [6, 6.07) is 0. The summed E-state index contributed by atoms with van der Waals surface area (Å²) in [6.45, 7) is 2.66. The van der Waals surface area contributed by atoms with Crippen LogP contribution in [0.25, 0.3) is 0 Å². The summed E-state index contributed by atoms with van der Waals surface area (Å²) >= 11 is 1.95. The van der Waals surface area contributed by atoms with Gasteiger partial charge in [-0.3, -0.25) is 4.79 Å². The Kier molecular flexibility index (Phi) is 5.61. The number of rotatable bonds is 4. The molecule has 0 spiro atoms. The summed E-state index contributed by atoms with van der Waals surface area (Å²) in [7, 11) is 0. The summed E-state index contributed by atoms with van der Waals surface area (Å²) in [6.07, 6.45) is 4.49. The minimum atomic E-state index is -0.151. The van der Waals surface area contributed by atoms with Crippen LogP contribution in [0.4, 0.5) is 0 Å². The lowest BCUT2D eigenvalue weighted by Gasteiger charge is -2.32. The largest absolute Gasteiger partial charge is 0.349 e. The van der Waals surface area contributed by atoms with Crippen molar-refractivity contribution in [3.8, 4) is 0 Å². The Balaban J connectivity index is 0.00000144. The molecule has 5 heteroatoms. The van der Waals surface area contributed by atoms with Crippen LogP contribution in [-0.2, 0) is 4.79 Å². The molecular formula is C12H23ClN2OS. The predicted molar refractivity (Wildman–Crippen MR) is 75.6 cm³/mol. The van der Waals surface area contributed by atoms with E-state index < -0.39 is 0 Å². The summed E-state index contributed by atoms with van der Waals surface area (Å²) in [5.74, 6) is 3.33. The Bertz CT molecular complexity index is 267. The van der Waals surface area contributed by atoms with Crippen LogP contribution in [0.5, 0.6) is 0 Å². The molecule has 2 fully saturated rings. The second-order valence-corrected chi connectivity index (χ2v) is 6.50. The minimum Gasteiger partial charge on any atom is -0.349 e. The molecule has 0 aromatic rings. The number of hydrogen-bond acceptors (Lipinski definition) is 3. The van der Waals surface area contributed by atoms with Gasteiger partial charge in [0.25, 0.3) is 0 Å². The molecule has 1 amide bonds. The van der Waals surface area contributed by atoms with E-state index in [1.54, 1.807) is 0 Å². The quantitative estimate of drug-likeness (QED) is 0.824. The van der Waals surface area contributed by atoms with Gasteiger partial charge in [0.1, 0.15) is 0 Å². The first-order valence-corrected chi connectivity index (χ1v) is 7.41. The fraction of sp³-hybridized carbons (Fsp3) is 0.917. The van der Waals surface area contributed by atoms with Crippen LogP contribution in [0.1, 0.15) is 32.6 Å². The number of hydrogen-bond donors (Lipinski definition) is 2. The van der Waals surface area contributed by atoms with E-state index in [1.807, 2.05) is 11.8 Å². The van der Waals surface area contributed by atoms with Gasteiger partial charge < -0.3 is 11.1 Å². The third-order valence-corrected chi connectivity index (χ3v) is 4.95. The van der Waals surface area contributed by atoms with E-state index in [1.165, 1.54) is 12.8 Å². The zero-order chi connectivity index (χ0) is 11.6. The van der Waals surface area contributed by atoms with E-state index in [9.17, 15) is 4.79 Å². The van der Waals surface area contributed by atoms with Crippen molar-refractivity contribution in [2.75, 3.05) is 18.1 Å². The molecule has 0 aromatic heterocycles. The van der Waals surface area contributed by atoms with Crippen LogP contribution in [0.15, 0.2) is 0 Å². The van der Waals surface area contributed by atoms with Crippen molar-refractivity contribution in [2.24, 2.45) is 17.6 Å². The molecule has 2 aliphatic rings. The minimum absolute atomic E-state index is 0. The van der Waals surface area contributed by atoms with Crippen molar-refractivity contribution in [3.63, 3.8) is 0 Å². The molecule has 3 nitrogen and oxygen atoms in total. The van der Waals surface area contributed by atoms with Crippen molar-refractivity contribution in [3.05, 3.63) is 0 Å². The summed E-state index contributed by atoms with van der Waals surface area (Å²) in [4.78, 5) is 12.1. The van der Waals surface area contributed by atoms with Gasteiger partial charge in [0.05, 0.1) is 5.54 Å². The first-order chi connectivity index (χ1) is 7.65. The lowest BCUT2D eigenvalue weighted by atomic mass is 9.93. The van der Waals surface area contributed by atoms with E-state index in [2.05, 4.69) is 12.2 Å². The number of carbonyl (C=O) groups is 1. The second kappa shape index (κ2) is 6.30. The normalized spacial score (nSPS) is 24.6. The smallest absolute Gasteiger partial charge is 0.223 e. The molecule has 17 heavy (non-hydrogen) atoms. The van der Waals surface area contributed by atoms with Gasteiger partial charge >= 0.3 is 0 Å². The molecule has 1 aliphatic carbocycles. The molecular weight excluding hydrogens is 256 g/mol. The van der Waals surface area contributed by atoms with Crippen LogP contribution in [-0.4, -0.2) is 29.5 Å². The lowest BCUT2D eigenvalue weighted by molar-refractivity contribution is -0.127. The van der Waals surface area contributed by atoms with E-state index in [-0.39, 0.29) is 29.8 Å². The highest BCUT2D eigenvalue weighted by Gasteiger charge is 2.42. The molecule has 3 N–H and O–H groups in total. The highest BCUT2D eigenvalue weighted by molar-refractivity contribution is 7.99. The van der Waals surface area contributed by atoms with E-state index in [0.717, 1.165) is 24.3 Å². The average molecular weight is 279 g/mol. The molecule has 1 atom stereocenters. The van der Waals surface area contributed by atoms with E-state index in [4.69, 9.17) is 5.73 Å². The Morgan fingerprint density at radius 1 is 1.35 bits per heavy atom. The van der Waals surface area contributed by atoms with Crippen molar-refractivity contribution in [1.82, 2.24) is 5.32 Å². The van der Waals surface area contributed by atoms with Gasteiger partial charge in [-0.2, -0.15) is 11.8 Å².